The average Bonchev–Trinajstić information content (AvgIpc) is 2.71. The van der Waals surface area contributed by atoms with E-state index in [-0.39, 0.29) is 22.6 Å². The molecule has 4 rings (SSSR count). The van der Waals surface area contributed by atoms with Crippen LogP contribution in [0, 0.1) is 11.6 Å². The summed E-state index contributed by atoms with van der Waals surface area (Å²) in [6, 6.07) is 4.39. The van der Waals surface area contributed by atoms with Gasteiger partial charge in [0.1, 0.15) is 11.6 Å². The van der Waals surface area contributed by atoms with Gasteiger partial charge >= 0.3 is 11.1 Å². The van der Waals surface area contributed by atoms with Crippen LogP contribution in [0.15, 0.2) is 44.9 Å². The Hall–Kier alpha value is -3.67. The van der Waals surface area contributed by atoms with Gasteiger partial charge < -0.3 is 9.72 Å². The van der Waals surface area contributed by atoms with Gasteiger partial charge in [-0.05, 0) is 18.2 Å². The third kappa shape index (κ3) is 3.54. The quantitative estimate of drug-likeness (QED) is 0.369. The van der Waals surface area contributed by atoms with Crippen LogP contribution in [0.1, 0.15) is 5.56 Å². The number of hydrogen-bond donors (Lipinski definition) is 1. The summed E-state index contributed by atoms with van der Waals surface area (Å²) < 4.78 is 58.4. The molecule has 0 bridgehead atoms. The largest absolute Gasteiger partial charge is 0.481 e. The fraction of sp³-hybridized carbons (Fsp3) is 0.158. The molecule has 1 N–H and O–H groups in total. The Kier molecular flexibility index (Phi) is 4.81. The van der Waals surface area contributed by atoms with Crippen molar-refractivity contribution in [2.45, 2.75) is 11.4 Å². The Balaban J connectivity index is 2.02. The molecular formula is C19H14F2N4O5S. The molecule has 0 saturated heterocycles. The van der Waals surface area contributed by atoms with Crippen LogP contribution in [0.5, 0.6) is 5.88 Å². The van der Waals surface area contributed by atoms with E-state index < -0.39 is 49.6 Å². The number of sulfone groups is 1. The van der Waals surface area contributed by atoms with Crippen LogP contribution in [0.2, 0.25) is 0 Å². The highest BCUT2D eigenvalue weighted by molar-refractivity contribution is 7.90. The monoisotopic (exact) mass is 448 g/mol. The van der Waals surface area contributed by atoms with Gasteiger partial charge in [-0.15, -0.1) is 0 Å². The van der Waals surface area contributed by atoms with Crippen molar-refractivity contribution >= 4 is 31.9 Å². The Bertz CT molecular complexity index is 1570. The summed E-state index contributed by atoms with van der Waals surface area (Å²) in [5.74, 6) is -2.08. The van der Waals surface area contributed by atoms with Gasteiger partial charge in [0.05, 0.1) is 35.8 Å². The second-order valence-corrected chi connectivity index (χ2v) is 8.74. The molecule has 0 unspecified atom stereocenters. The summed E-state index contributed by atoms with van der Waals surface area (Å²) >= 11 is 0. The number of fused-ring (bicyclic) bond motifs is 3. The van der Waals surface area contributed by atoms with Crippen molar-refractivity contribution in [3.05, 3.63) is 68.4 Å². The highest BCUT2D eigenvalue weighted by Crippen LogP contribution is 2.24. The van der Waals surface area contributed by atoms with Gasteiger partial charge in [-0.1, -0.05) is 0 Å². The van der Waals surface area contributed by atoms with Crippen molar-refractivity contribution in [3.63, 3.8) is 0 Å². The lowest BCUT2D eigenvalue weighted by Gasteiger charge is -2.13. The summed E-state index contributed by atoms with van der Waals surface area (Å²) in [6.45, 7) is -0.661. The van der Waals surface area contributed by atoms with Gasteiger partial charge in [0.2, 0.25) is 5.88 Å². The minimum Gasteiger partial charge on any atom is -0.481 e. The van der Waals surface area contributed by atoms with Crippen molar-refractivity contribution in [2.75, 3.05) is 13.4 Å². The zero-order valence-electron chi connectivity index (χ0n) is 16.1. The maximum absolute atomic E-state index is 14.6. The van der Waals surface area contributed by atoms with Gasteiger partial charge in [-0.2, -0.15) is 4.98 Å². The molecule has 0 radical (unpaired) electrons. The first kappa shape index (κ1) is 20.6. The number of aromatic amines is 1. The van der Waals surface area contributed by atoms with E-state index >= 15 is 0 Å². The molecule has 0 saturated carbocycles. The van der Waals surface area contributed by atoms with Gasteiger partial charge in [-0.3, -0.25) is 14.2 Å². The van der Waals surface area contributed by atoms with Crippen molar-refractivity contribution in [2.24, 2.45) is 0 Å². The summed E-state index contributed by atoms with van der Waals surface area (Å²) in [6.07, 6.45) is 2.08. The molecular weight excluding hydrogens is 434 g/mol. The molecule has 0 spiro atoms. The van der Waals surface area contributed by atoms with Crippen LogP contribution in [0.25, 0.3) is 22.1 Å². The molecule has 0 aliphatic heterocycles. The summed E-state index contributed by atoms with van der Waals surface area (Å²) in [4.78, 5) is 34.9. The van der Waals surface area contributed by atoms with Crippen molar-refractivity contribution in [1.29, 1.82) is 0 Å². The molecule has 31 heavy (non-hydrogen) atoms. The number of methoxy groups -OCH3 is 1. The highest BCUT2D eigenvalue weighted by Gasteiger charge is 2.20. The molecule has 0 amide bonds. The van der Waals surface area contributed by atoms with E-state index in [0.717, 1.165) is 10.8 Å². The third-order valence-electron chi connectivity index (χ3n) is 4.70. The number of ether oxygens (including phenoxy) is 1. The van der Waals surface area contributed by atoms with E-state index in [0.29, 0.717) is 17.5 Å². The van der Waals surface area contributed by atoms with Crippen LogP contribution >= 0.6 is 0 Å². The zero-order chi connectivity index (χ0) is 22.5. The second-order valence-electron chi connectivity index (χ2n) is 6.73. The maximum atomic E-state index is 14.6. The molecule has 0 atom stereocenters. The Morgan fingerprint density at radius 1 is 1.16 bits per heavy atom. The number of rotatable bonds is 4. The van der Waals surface area contributed by atoms with E-state index in [1.807, 2.05) is 0 Å². The fourth-order valence-corrected chi connectivity index (χ4v) is 3.83. The Morgan fingerprint density at radius 2 is 1.84 bits per heavy atom. The summed E-state index contributed by atoms with van der Waals surface area (Å²) in [7, 11) is -2.44. The van der Waals surface area contributed by atoms with Gasteiger partial charge in [0, 0.05) is 23.3 Å². The number of aromatic nitrogens is 4. The molecule has 0 aliphatic carbocycles. The van der Waals surface area contributed by atoms with E-state index in [2.05, 4.69) is 15.0 Å². The van der Waals surface area contributed by atoms with Crippen LogP contribution in [0.4, 0.5) is 8.78 Å². The summed E-state index contributed by atoms with van der Waals surface area (Å²) in [5.41, 5.74) is -2.16. The molecule has 0 fully saturated rings. The second kappa shape index (κ2) is 7.23. The van der Waals surface area contributed by atoms with Crippen LogP contribution in [-0.2, 0) is 16.4 Å². The number of halogens is 2. The Labute approximate surface area is 172 Å². The number of H-pyrrole nitrogens is 1. The predicted molar refractivity (Wildman–Crippen MR) is 107 cm³/mol. The number of hydrogen-bond acceptors (Lipinski definition) is 7. The Morgan fingerprint density at radius 3 is 2.45 bits per heavy atom. The van der Waals surface area contributed by atoms with Crippen molar-refractivity contribution < 1.29 is 21.9 Å². The molecule has 160 valence electrons. The lowest BCUT2D eigenvalue weighted by atomic mass is 10.1. The summed E-state index contributed by atoms with van der Waals surface area (Å²) in [5, 5.41) is 0.334. The fourth-order valence-electron chi connectivity index (χ4n) is 3.20. The molecule has 0 aliphatic rings. The number of nitrogens with zero attached hydrogens (tertiary/aromatic N) is 3. The normalized spacial score (nSPS) is 11.9. The molecule has 1 aromatic carbocycles. The molecule has 12 heteroatoms. The SMILES string of the molecule is COc1ccc2c(ncc3[nH]c(=O)c(=O)n(Cc4c(F)cc(S(C)(=O)=O)cc4F)c32)n1. The van der Waals surface area contributed by atoms with Gasteiger partial charge in [-0.25, -0.2) is 22.2 Å². The first-order valence-electron chi connectivity index (χ1n) is 8.74. The first-order valence-corrected chi connectivity index (χ1v) is 10.6. The van der Waals surface area contributed by atoms with Crippen molar-refractivity contribution in [3.8, 4) is 5.88 Å². The van der Waals surface area contributed by atoms with Crippen LogP contribution in [-0.4, -0.2) is 41.3 Å². The van der Waals surface area contributed by atoms with E-state index in [1.165, 1.54) is 19.4 Å². The minimum absolute atomic E-state index is 0.149. The molecule has 3 heterocycles. The van der Waals surface area contributed by atoms with Crippen LogP contribution < -0.4 is 15.9 Å². The highest BCUT2D eigenvalue weighted by atomic mass is 32.2. The minimum atomic E-state index is -3.85. The smallest absolute Gasteiger partial charge is 0.317 e. The van der Waals surface area contributed by atoms with Crippen molar-refractivity contribution in [1.82, 2.24) is 19.5 Å². The van der Waals surface area contributed by atoms with Crippen LogP contribution in [0.3, 0.4) is 0 Å². The topological polar surface area (TPSA) is 124 Å². The van der Waals surface area contributed by atoms with E-state index in [4.69, 9.17) is 4.74 Å². The van der Waals surface area contributed by atoms with Gasteiger partial charge in [0.15, 0.2) is 15.5 Å². The predicted octanol–water partition coefficient (Wildman–Crippen LogP) is 1.37. The zero-order valence-corrected chi connectivity index (χ0v) is 17.0. The van der Waals surface area contributed by atoms with E-state index in [9.17, 15) is 26.8 Å². The molecule has 4 aromatic rings. The number of pyridine rings is 2. The molecule has 9 nitrogen and oxygen atoms in total. The lowest BCUT2D eigenvalue weighted by molar-refractivity contribution is 0.399. The lowest BCUT2D eigenvalue weighted by Crippen LogP contribution is -2.37. The van der Waals surface area contributed by atoms with E-state index in [1.54, 1.807) is 6.07 Å². The maximum Gasteiger partial charge on any atom is 0.317 e. The average molecular weight is 448 g/mol. The number of benzene rings is 1. The first-order chi connectivity index (χ1) is 14.6. The molecule has 3 aromatic heterocycles. The number of nitrogens with one attached hydrogen (secondary N) is 1. The third-order valence-corrected chi connectivity index (χ3v) is 5.79. The standard InChI is InChI=1S/C19H14F2N4O5S/c1-30-15-4-3-10-16-14(7-22-17(10)24-15)23-18(26)19(27)25(16)8-11-12(20)5-9(6-13(11)21)31(2,28)29/h3-7H,8H2,1-2H3,(H,23,26). The van der Waals surface area contributed by atoms with Gasteiger partial charge in [0.25, 0.3) is 0 Å².